The van der Waals surface area contributed by atoms with Crippen molar-refractivity contribution in [2.24, 2.45) is 0 Å². The van der Waals surface area contributed by atoms with E-state index in [2.05, 4.69) is 25.1 Å². The highest BCUT2D eigenvalue weighted by atomic mass is 16.2. The van der Waals surface area contributed by atoms with Gasteiger partial charge in [-0.25, -0.2) is 9.97 Å². The van der Waals surface area contributed by atoms with Crippen molar-refractivity contribution in [2.75, 3.05) is 13.1 Å². The molecule has 120 valence electrons. The predicted molar refractivity (Wildman–Crippen MR) is 83.0 cm³/mol. The SMILES string of the molecule is Cc1cnc(C(=O)N2CCC(c3nc(C4CC4)n[nH]3)CC2)cn1. The van der Waals surface area contributed by atoms with Gasteiger partial charge >= 0.3 is 0 Å². The van der Waals surface area contributed by atoms with E-state index in [4.69, 9.17) is 0 Å². The highest BCUT2D eigenvalue weighted by Crippen LogP contribution is 2.38. The molecule has 2 aliphatic rings. The summed E-state index contributed by atoms with van der Waals surface area (Å²) >= 11 is 0. The summed E-state index contributed by atoms with van der Waals surface area (Å²) in [4.78, 5) is 27.3. The van der Waals surface area contributed by atoms with E-state index in [1.54, 1.807) is 12.4 Å². The van der Waals surface area contributed by atoms with Gasteiger partial charge in [0.1, 0.15) is 11.5 Å². The molecule has 0 radical (unpaired) electrons. The van der Waals surface area contributed by atoms with E-state index in [0.717, 1.165) is 43.3 Å². The minimum absolute atomic E-state index is 0.0350. The number of H-pyrrole nitrogens is 1. The number of aromatic amines is 1. The number of nitrogens with zero attached hydrogens (tertiary/aromatic N) is 5. The number of aryl methyl sites for hydroxylation is 1. The van der Waals surface area contributed by atoms with Crippen molar-refractivity contribution < 1.29 is 4.79 Å². The largest absolute Gasteiger partial charge is 0.337 e. The van der Waals surface area contributed by atoms with Crippen LogP contribution >= 0.6 is 0 Å². The number of rotatable bonds is 3. The molecule has 1 saturated carbocycles. The Morgan fingerprint density at radius 2 is 1.91 bits per heavy atom. The molecule has 7 heteroatoms. The van der Waals surface area contributed by atoms with Crippen molar-refractivity contribution in [3.63, 3.8) is 0 Å². The molecule has 1 N–H and O–H groups in total. The van der Waals surface area contributed by atoms with E-state index in [-0.39, 0.29) is 5.91 Å². The molecule has 3 heterocycles. The van der Waals surface area contributed by atoms with E-state index in [1.807, 2.05) is 11.8 Å². The fourth-order valence-corrected chi connectivity index (χ4v) is 3.02. The van der Waals surface area contributed by atoms with E-state index in [0.29, 0.717) is 17.5 Å². The van der Waals surface area contributed by atoms with Crippen molar-refractivity contribution in [3.05, 3.63) is 35.4 Å². The molecule has 0 bridgehead atoms. The highest BCUT2D eigenvalue weighted by molar-refractivity contribution is 5.92. The van der Waals surface area contributed by atoms with Crippen molar-refractivity contribution in [2.45, 2.75) is 44.4 Å². The van der Waals surface area contributed by atoms with Crippen molar-refractivity contribution in [1.82, 2.24) is 30.0 Å². The first-order chi connectivity index (χ1) is 11.2. The summed E-state index contributed by atoms with van der Waals surface area (Å²) in [5.41, 5.74) is 1.24. The number of nitrogens with one attached hydrogen (secondary N) is 1. The smallest absolute Gasteiger partial charge is 0.274 e. The van der Waals surface area contributed by atoms with Crippen LogP contribution < -0.4 is 0 Å². The number of carbonyl (C=O) groups is 1. The molecule has 0 atom stereocenters. The van der Waals surface area contributed by atoms with E-state index in [1.165, 1.54) is 12.8 Å². The molecule has 7 nitrogen and oxygen atoms in total. The summed E-state index contributed by atoms with van der Waals surface area (Å²) in [6, 6.07) is 0. The standard InChI is InChI=1S/C16H20N6O/c1-10-8-18-13(9-17-10)16(23)22-6-4-12(5-7-22)15-19-14(20-21-15)11-2-3-11/h8-9,11-12H,2-7H2,1H3,(H,19,20,21). The summed E-state index contributed by atoms with van der Waals surface area (Å²) in [5, 5.41) is 7.42. The number of piperidine rings is 1. The number of aromatic nitrogens is 5. The number of amides is 1. The molecule has 4 rings (SSSR count). The lowest BCUT2D eigenvalue weighted by Gasteiger charge is -2.30. The molecule has 2 fully saturated rings. The lowest BCUT2D eigenvalue weighted by Crippen LogP contribution is -2.38. The van der Waals surface area contributed by atoms with Gasteiger partial charge in [0.15, 0.2) is 5.82 Å². The lowest BCUT2D eigenvalue weighted by molar-refractivity contribution is 0.0704. The van der Waals surface area contributed by atoms with Crippen LogP contribution in [0.25, 0.3) is 0 Å². The van der Waals surface area contributed by atoms with Gasteiger partial charge in [0, 0.05) is 31.1 Å². The Balaban J connectivity index is 1.38. The first kappa shape index (κ1) is 14.3. The average molecular weight is 312 g/mol. The minimum Gasteiger partial charge on any atom is -0.337 e. The molecule has 1 aliphatic heterocycles. The minimum atomic E-state index is -0.0350. The van der Waals surface area contributed by atoms with Crippen LogP contribution in [0.15, 0.2) is 12.4 Å². The quantitative estimate of drug-likeness (QED) is 0.933. The number of carbonyl (C=O) groups excluding carboxylic acids is 1. The summed E-state index contributed by atoms with van der Waals surface area (Å²) in [6.45, 7) is 3.30. The molecular formula is C16H20N6O. The van der Waals surface area contributed by atoms with Crippen molar-refractivity contribution in [3.8, 4) is 0 Å². The maximum Gasteiger partial charge on any atom is 0.274 e. The van der Waals surface area contributed by atoms with E-state index in [9.17, 15) is 4.79 Å². The van der Waals surface area contributed by atoms with Gasteiger partial charge in [0.25, 0.3) is 5.91 Å². The zero-order chi connectivity index (χ0) is 15.8. The summed E-state index contributed by atoms with van der Waals surface area (Å²) in [7, 11) is 0. The molecule has 23 heavy (non-hydrogen) atoms. The fourth-order valence-electron chi connectivity index (χ4n) is 3.02. The van der Waals surface area contributed by atoms with Gasteiger partial charge in [-0.1, -0.05) is 0 Å². The van der Waals surface area contributed by atoms with Crippen LogP contribution in [0.3, 0.4) is 0 Å². The molecule has 1 saturated heterocycles. The Morgan fingerprint density at radius 3 is 2.57 bits per heavy atom. The third-order valence-electron chi connectivity index (χ3n) is 4.63. The third kappa shape index (κ3) is 2.95. The zero-order valence-electron chi connectivity index (χ0n) is 13.2. The van der Waals surface area contributed by atoms with Crippen LogP contribution in [0.4, 0.5) is 0 Å². The third-order valence-corrected chi connectivity index (χ3v) is 4.63. The van der Waals surface area contributed by atoms with Crippen LogP contribution in [-0.4, -0.2) is 49.0 Å². The molecule has 1 aliphatic carbocycles. The average Bonchev–Trinajstić information content (AvgIpc) is 3.32. The Bertz CT molecular complexity index is 698. The molecule has 0 aromatic carbocycles. The zero-order valence-corrected chi connectivity index (χ0v) is 13.2. The fraction of sp³-hybridized carbons (Fsp3) is 0.562. The Labute approximate surface area is 134 Å². The van der Waals surface area contributed by atoms with Crippen molar-refractivity contribution in [1.29, 1.82) is 0 Å². The normalized spacial score (nSPS) is 19.1. The van der Waals surface area contributed by atoms with Gasteiger partial charge in [-0.05, 0) is 32.6 Å². The van der Waals surface area contributed by atoms with Gasteiger partial charge in [-0.2, -0.15) is 5.10 Å². The van der Waals surface area contributed by atoms with Crippen molar-refractivity contribution >= 4 is 5.91 Å². The summed E-state index contributed by atoms with van der Waals surface area (Å²) < 4.78 is 0. The van der Waals surface area contributed by atoms with Gasteiger partial charge in [0.05, 0.1) is 11.9 Å². The highest BCUT2D eigenvalue weighted by Gasteiger charge is 2.31. The van der Waals surface area contributed by atoms with Crippen LogP contribution in [-0.2, 0) is 0 Å². The van der Waals surface area contributed by atoms with E-state index < -0.39 is 0 Å². The molecule has 0 unspecified atom stereocenters. The molecule has 1 amide bonds. The van der Waals surface area contributed by atoms with Gasteiger partial charge < -0.3 is 4.90 Å². The molecule has 2 aromatic heterocycles. The number of hydrogen-bond donors (Lipinski definition) is 1. The lowest BCUT2D eigenvalue weighted by atomic mass is 9.96. The first-order valence-corrected chi connectivity index (χ1v) is 8.21. The van der Waals surface area contributed by atoms with Crippen LogP contribution in [0, 0.1) is 6.92 Å². The number of hydrogen-bond acceptors (Lipinski definition) is 5. The monoisotopic (exact) mass is 312 g/mol. The Morgan fingerprint density at radius 1 is 1.13 bits per heavy atom. The predicted octanol–water partition coefficient (Wildman–Crippen LogP) is 1.80. The first-order valence-electron chi connectivity index (χ1n) is 8.21. The van der Waals surface area contributed by atoms with Crippen LogP contribution in [0.1, 0.15) is 65.4 Å². The maximum absolute atomic E-state index is 12.4. The molecule has 2 aromatic rings. The van der Waals surface area contributed by atoms with Gasteiger partial charge in [-0.3, -0.25) is 14.9 Å². The second kappa shape index (κ2) is 5.72. The van der Waals surface area contributed by atoms with E-state index >= 15 is 0 Å². The van der Waals surface area contributed by atoms with Gasteiger partial charge in [-0.15, -0.1) is 0 Å². The Hall–Kier alpha value is -2.31. The van der Waals surface area contributed by atoms with Crippen LogP contribution in [0.2, 0.25) is 0 Å². The topological polar surface area (TPSA) is 87.7 Å². The second-order valence-electron chi connectivity index (χ2n) is 6.46. The summed E-state index contributed by atoms with van der Waals surface area (Å²) in [5.74, 6) is 2.85. The molecule has 0 spiro atoms. The second-order valence-corrected chi connectivity index (χ2v) is 6.46. The Kier molecular flexibility index (Phi) is 3.55. The van der Waals surface area contributed by atoms with Gasteiger partial charge in [0.2, 0.25) is 0 Å². The summed E-state index contributed by atoms with van der Waals surface area (Å²) in [6.07, 6.45) is 7.42. The van der Waals surface area contributed by atoms with Crippen LogP contribution in [0.5, 0.6) is 0 Å². The molecular weight excluding hydrogens is 292 g/mol. The maximum atomic E-state index is 12.4. The number of likely N-dealkylation sites (tertiary alicyclic amines) is 1.